The number of nitrogens with one attached hydrogen (secondary N) is 1. The van der Waals surface area contributed by atoms with Crippen LogP contribution in [0.4, 0.5) is 0 Å². The molecule has 0 atom stereocenters. The van der Waals surface area contributed by atoms with Crippen LogP contribution in [0.2, 0.25) is 0 Å². The molecule has 1 heterocycles. The monoisotopic (exact) mass is 171 g/mol. The van der Waals surface area contributed by atoms with E-state index in [4.69, 9.17) is 5.21 Å². The van der Waals surface area contributed by atoms with Gasteiger partial charge in [0.25, 0.3) is 0 Å². The van der Waals surface area contributed by atoms with Crippen molar-refractivity contribution in [3.63, 3.8) is 0 Å². The molecule has 0 aliphatic carbocycles. The van der Waals surface area contributed by atoms with Gasteiger partial charge in [0.2, 0.25) is 5.91 Å². The topological polar surface area (TPSA) is 49.3 Å². The van der Waals surface area contributed by atoms with Crippen LogP contribution in [0.25, 0.3) is 0 Å². The summed E-state index contributed by atoms with van der Waals surface area (Å²) in [4.78, 5) is 11.7. The van der Waals surface area contributed by atoms with Gasteiger partial charge in [-0.3, -0.25) is 10.0 Å². The number of carbonyl (C=O) groups excluding carboxylic acids is 1. The minimum absolute atomic E-state index is 0.264. The molecule has 0 aromatic carbocycles. The average Bonchev–Trinajstić information content (AvgIpc) is 2.37. The molecule has 1 amide bonds. The fourth-order valence-electron chi connectivity index (χ4n) is 0.771. The molecule has 0 saturated carbocycles. The van der Waals surface area contributed by atoms with Crippen LogP contribution in [-0.4, -0.2) is 11.1 Å². The van der Waals surface area contributed by atoms with Crippen LogP contribution in [0.5, 0.6) is 0 Å². The maximum Gasteiger partial charge on any atom is 0.248 e. The molecule has 0 aliphatic heterocycles. The van der Waals surface area contributed by atoms with E-state index in [1.807, 2.05) is 18.4 Å². The van der Waals surface area contributed by atoms with Crippen molar-refractivity contribution in [1.29, 1.82) is 0 Å². The summed E-state index contributed by atoms with van der Waals surface area (Å²) in [5.74, 6) is -0.365. The van der Waals surface area contributed by atoms with E-state index >= 15 is 0 Å². The smallest absolute Gasteiger partial charge is 0.248 e. The fraction of sp³-hybridized carbons (Fsp3) is 0.286. The molecule has 0 saturated heterocycles. The summed E-state index contributed by atoms with van der Waals surface area (Å²) in [5, 5.41) is 10.2. The summed E-state index contributed by atoms with van der Waals surface area (Å²) >= 11 is 1.52. The summed E-state index contributed by atoms with van der Waals surface area (Å²) in [6.45, 7) is 1.94. The van der Waals surface area contributed by atoms with Crippen molar-refractivity contribution in [2.75, 3.05) is 0 Å². The Morgan fingerprint density at radius 1 is 1.82 bits per heavy atom. The first-order chi connectivity index (χ1) is 5.24. The van der Waals surface area contributed by atoms with E-state index < -0.39 is 0 Å². The molecule has 0 aliphatic rings. The van der Waals surface area contributed by atoms with Gasteiger partial charge in [-0.1, -0.05) is 0 Å². The molecule has 60 valence electrons. The lowest BCUT2D eigenvalue weighted by atomic mass is 10.2. The zero-order valence-corrected chi connectivity index (χ0v) is 6.94. The van der Waals surface area contributed by atoms with Crippen molar-refractivity contribution >= 4 is 17.2 Å². The minimum Gasteiger partial charge on any atom is -0.289 e. The summed E-state index contributed by atoms with van der Waals surface area (Å²) in [7, 11) is 0. The van der Waals surface area contributed by atoms with Gasteiger partial charge in [0.05, 0.1) is 6.42 Å². The molecule has 0 radical (unpaired) electrons. The van der Waals surface area contributed by atoms with E-state index in [1.165, 1.54) is 11.3 Å². The van der Waals surface area contributed by atoms with Gasteiger partial charge in [0, 0.05) is 4.88 Å². The highest BCUT2D eigenvalue weighted by molar-refractivity contribution is 7.10. The number of aryl methyl sites for hydroxylation is 1. The van der Waals surface area contributed by atoms with Crippen molar-refractivity contribution in [1.82, 2.24) is 5.48 Å². The number of amides is 1. The lowest BCUT2D eigenvalue weighted by molar-refractivity contribution is -0.128. The summed E-state index contributed by atoms with van der Waals surface area (Å²) in [5.41, 5.74) is 2.69. The Kier molecular flexibility index (Phi) is 2.62. The molecule has 1 rings (SSSR count). The van der Waals surface area contributed by atoms with Crippen molar-refractivity contribution in [2.45, 2.75) is 13.3 Å². The first kappa shape index (κ1) is 8.23. The lowest BCUT2D eigenvalue weighted by Gasteiger charge is -1.96. The van der Waals surface area contributed by atoms with E-state index in [2.05, 4.69) is 0 Å². The Balaban J connectivity index is 2.64. The van der Waals surface area contributed by atoms with Crippen molar-refractivity contribution in [3.05, 3.63) is 21.9 Å². The Labute approximate surface area is 68.6 Å². The third-order valence-electron chi connectivity index (χ3n) is 1.41. The predicted octanol–water partition coefficient (Wildman–Crippen LogP) is 1.10. The Morgan fingerprint density at radius 3 is 3.00 bits per heavy atom. The number of hydroxylamine groups is 1. The molecule has 1 aromatic rings. The highest BCUT2D eigenvalue weighted by atomic mass is 32.1. The summed E-state index contributed by atoms with van der Waals surface area (Å²) < 4.78 is 0. The second-order valence-electron chi connectivity index (χ2n) is 2.24. The first-order valence-corrected chi connectivity index (χ1v) is 4.08. The number of hydrogen-bond acceptors (Lipinski definition) is 3. The minimum atomic E-state index is -0.365. The van der Waals surface area contributed by atoms with Crippen molar-refractivity contribution in [2.24, 2.45) is 0 Å². The SMILES string of the molecule is Cc1ccsc1CC(=O)NO. The Morgan fingerprint density at radius 2 is 2.55 bits per heavy atom. The third kappa shape index (κ3) is 2.03. The van der Waals surface area contributed by atoms with E-state index in [0.717, 1.165) is 10.4 Å². The average molecular weight is 171 g/mol. The molecule has 0 bridgehead atoms. The number of hydrogen-bond donors (Lipinski definition) is 2. The van der Waals surface area contributed by atoms with Crippen LogP contribution in [0.3, 0.4) is 0 Å². The van der Waals surface area contributed by atoms with E-state index in [0.29, 0.717) is 0 Å². The summed E-state index contributed by atoms with van der Waals surface area (Å²) in [6, 6.07) is 1.95. The van der Waals surface area contributed by atoms with Gasteiger partial charge in [-0.2, -0.15) is 0 Å². The zero-order chi connectivity index (χ0) is 8.27. The fourth-order valence-corrected chi connectivity index (χ4v) is 1.68. The number of carbonyl (C=O) groups is 1. The molecule has 0 unspecified atom stereocenters. The zero-order valence-electron chi connectivity index (χ0n) is 6.13. The predicted molar refractivity (Wildman–Crippen MR) is 42.7 cm³/mol. The summed E-state index contributed by atoms with van der Waals surface area (Å²) in [6.07, 6.45) is 0.264. The molecular weight excluding hydrogens is 162 g/mol. The van der Waals surface area contributed by atoms with Gasteiger partial charge in [-0.25, -0.2) is 5.48 Å². The van der Waals surface area contributed by atoms with E-state index in [-0.39, 0.29) is 12.3 Å². The van der Waals surface area contributed by atoms with Gasteiger partial charge in [0.1, 0.15) is 0 Å². The normalized spacial score (nSPS) is 9.64. The second kappa shape index (κ2) is 3.50. The molecular formula is C7H9NO2S. The van der Waals surface area contributed by atoms with Crippen LogP contribution in [0, 0.1) is 6.92 Å². The molecule has 4 heteroatoms. The molecule has 1 aromatic heterocycles. The van der Waals surface area contributed by atoms with Crippen LogP contribution < -0.4 is 5.48 Å². The quantitative estimate of drug-likeness (QED) is 0.517. The van der Waals surface area contributed by atoms with Crippen LogP contribution >= 0.6 is 11.3 Å². The highest BCUT2D eigenvalue weighted by Gasteiger charge is 2.04. The molecule has 3 nitrogen and oxygen atoms in total. The lowest BCUT2D eigenvalue weighted by Crippen LogP contribution is -2.20. The Hall–Kier alpha value is -0.870. The van der Waals surface area contributed by atoms with Gasteiger partial charge in [-0.05, 0) is 23.9 Å². The maximum absolute atomic E-state index is 10.7. The van der Waals surface area contributed by atoms with Gasteiger partial charge < -0.3 is 0 Å². The molecule has 0 fully saturated rings. The van der Waals surface area contributed by atoms with Crippen molar-refractivity contribution in [3.8, 4) is 0 Å². The highest BCUT2D eigenvalue weighted by Crippen LogP contribution is 2.15. The molecule has 0 spiro atoms. The van der Waals surface area contributed by atoms with Gasteiger partial charge in [-0.15, -0.1) is 11.3 Å². The largest absolute Gasteiger partial charge is 0.289 e. The third-order valence-corrected chi connectivity index (χ3v) is 2.44. The second-order valence-corrected chi connectivity index (χ2v) is 3.24. The number of rotatable bonds is 2. The van der Waals surface area contributed by atoms with Crippen molar-refractivity contribution < 1.29 is 10.0 Å². The van der Waals surface area contributed by atoms with Crippen LogP contribution in [0.15, 0.2) is 11.4 Å². The standard InChI is InChI=1S/C7H9NO2S/c1-5-2-3-11-6(5)4-7(9)8-10/h2-3,10H,4H2,1H3,(H,8,9). The maximum atomic E-state index is 10.7. The first-order valence-electron chi connectivity index (χ1n) is 3.20. The molecule has 2 N–H and O–H groups in total. The van der Waals surface area contributed by atoms with Crippen LogP contribution in [0.1, 0.15) is 10.4 Å². The molecule has 11 heavy (non-hydrogen) atoms. The van der Waals surface area contributed by atoms with E-state index in [1.54, 1.807) is 5.48 Å². The van der Waals surface area contributed by atoms with Gasteiger partial charge in [0.15, 0.2) is 0 Å². The van der Waals surface area contributed by atoms with Gasteiger partial charge >= 0.3 is 0 Å². The van der Waals surface area contributed by atoms with E-state index in [9.17, 15) is 4.79 Å². The number of thiophene rings is 1. The Bertz CT molecular complexity index is 257. The van der Waals surface area contributed by atoms with Crippen LogP contribution in [-0.2, 0) is 11.2 Å².